The van der Waals surface area contributed by atoms with Gasteiger partial charge in [0.05, 0.1) is 5.57 Å². The number of carbonyl (C=O) groups excluding carboxylic acids is 1. The van der Waals surface area contributed by atoms with Gasteiger partial charge in [-0.15, -0.1) is 0 Å². The summed E-state index contributed by atoms with van der Waals surface area (Å²) >= 11 is 0. The molecule has 0 aromatic heterocycles. The van der Waals surface area contributed by atoms with Crippen molar-refractivity contribution in [2.24, 2.45) is 0 Å². The van der Waals surface area contributed by atoms with Crippen molar-refractivity contribution in [3.05, 3.63) is 54.1 Å². The van der Waals surface area contributed by atoms with Gasteiger partial charge < -0.3 is 4.74 Å². The fraction of sp³-hybridized carbons (Fsp3) is 0.0833. The Hall–Kier alpha value is -1.83. The smallest absolute Gasteiger partial charge is 0.339 e. The number of rotatable bonds is 1. The number of ether oxygens (including phenoxy) is 1. The summed E-state index contributed by atoms with van der Waals surface area (Å²) in [6, 6.07) is 9.51. The Morgan fingerprint density at radius 3 is 2.71 bits per heavy atom. The predicted octanol–water partition coefficient (Wildman–Crippen LogP) is 2.18. The van der Waals surface area contributed by atoms with E-state index in [0.717, 1.165) is 5.56 Å². The van der Waals surface area contributed by atoms with Crippen LogP contribution >= 0.6 is 0 Å². The molecule has 1 aliphatic heterocycles. The van der Waals surface area contributed by atoms with Crippen LogP contribution in [0.2, 0.25) is 0 Å². The molecule has 0 radical (unpaired) electrons. The summed E-state index contributed by atoms with van der Waals surface area (Å²) in [4.78, 5) is 11.5. The highest BCUT2D eigenvalue weighted by molar-refractivity contribution is 6.17. The van der Waals surface area contributed by atoms with Gasteiger partial charge in [0.25, 0.3) is 0 Å². The zero-order valence-electron chi connectivity index (χ0n) is 7.64. The van der Waals surface area contributed by atoms with E-state index < -0.39 is 0 Å². The minimum atomic E-state index is -0.263. The molecule has 0 spiro atoms. The SMILES string of the molecule is O=C1OCC=CC=C1c1ccccc1. The number of carbonyl (C=O) groups is 1. The van der Waals surface area contributed by atoms with Gasteiger partial charge >= 0.3 is 5.97 Å². The van der Waals surface area contributed by atoms with Gasteiger partial charge in [-0.05, 0) is 17.7 Å². The summed E-state index contributed by atoms with van der Waals surface area (Å²) in [5.74, 6) is -0.263. The van der Waals surface area contributed by atoms with Crippen molar-refractivity contribution < 1.29 is 9.53 Å². The summed E-state index contributed by atoms with van der Waals surface area (Å²) in [5.41, 5.74) is 1.50. The molecule has 0 saturated carbocycles. The Morgan fingerprint density at radius 1 is 1.14 bits per heavy atom. The fourth-order valence-electron chi connectivity index (χ4n) is 1.32. The molecule has 2 heteroatoms. The third-order valence-electron chi connectivity index (χ3n) is 2.01. The zero-order chi connectivity index (χ0) is 9.80. The molecule has 0 atom stereocenters. The molecule has 0 bridgehead atoms. The van der Waals surface area contributed by atoms with Crippen LogP contribution in [0.5, 0.6) is 0 Å². The lowest BCUT2D eigenvalue weighted by atomic mass is 10.1. The molecular weight excluding hydrogens is 176 g/mol. The van der Waals surface area contributed by atoms with Crippen LogP contribution in [0, 0.1) is 0 Å². The highest BCUT2D eigenvalue weighted by atomic mass is 16.5. The number of cyclic esters (lactones) is 1. The number of hydrogen-bond acceptors (Lipinski definition) is 2. The Bertz CT molecular complexity index is 388. The van der Waals surface area contributed by atoms with E-state index in [2.05, 4.69) is 0 Å². The number of hydrogen-bond donors (Lipinski definition) is 0. The normalized spacial score (nSPS) is 15.7. The molecule has 2 nitrogen and oxygen atoms in total. The van der Waals surface area contributed by atoms with E-state index in [-0.39, 0.29) is 5.97 Å². The highest BCUT2D eigenvalue weighted by Crippen LogP contribution is 2.17. The first-order valence-corrected chi connectivity index (χ1v) is 4.47. The molecule has 1 aliphatic rings. The van der Waals surface area contributed by atoms with E-state index in [4.69, 9.17) is 4.74 Å². The van der Waals surface area contributed by atoms with Gasteiger partial charge in [-0.2, -0.15) is 0 Å². The van der Waals surface area contributed by atoms with Crippen LogP contribution in [0.15, 0.2) is 48.6 Å². The second kappa shape index (κ2) is 3.92. The van der Waals surface area contributed by atoms with Gasteiger partial charge in [-0.25, -0.2) is 4.79 Å². The van der Waals surface area contributed by atoms with Crippen LogP contribution in [-0.2, 0) is 9.53 Å². The topological polar surface area (TPSA) is 26.3 Å². The molecule has 0 saturated heterocycles. The van der Waals surface area contributed by atoms with Crippen LogP contribution in [0.3, 0.4) is 0 Å². The number of benzene rings is 1. The first kappa shape index (κ1) is 8.75. The van der Waals surface area contributed by atoms with E-state index in [9.17, 15) is 4.79 Å². The second-order valence-electron chi connectivity index (χ2n) is 2.97. The lowest BCUT2D eigenvalue weighted by molar-refractivity contribution is -0.135. The first-order valence-electron chi connectivity index (χ1n) is 4.47. The molecule has 0 fully saturated rings. The minimum Gasteiger partial charge on any atom is -0.458 e. The molecule has 0 aliphatic carbocycles. The van der Waals surface area contributed by atoms with Crippen LogP contribution in [0.25, 0.3) is 5.57 Å². The number of allylic oxidation sites excluding steroid dienone is 2. The monoisotopic (exact) mass is 186 g/mol. The first-order chi connectivity index (χ1) is 6.88. The van der Waals surface area contributed by atoms with Gasteiger partial charge in [-0.1, -0.05) is 36.4 Å². The lowest BCUT2D eigenvalue weighted by Gasteiger charge is -2.04. The summed E-state index contributed by atoms with van der Waals surface area (Å²) < 4.78 is 4.98. The third-order valence-corrected chi connectivity index (χ3v) is 2.01. The Morgan fingerprint density at radius 2 is 1.93 bits per heavy atom. The maximum atomic E-state index is 11.5. The molecule has 0 unspecified atom stereocenters. The van der Waals surface area contributed by atoms with Crippen molar-refractivity contribution >= 4 is 11.5 Å². The van der Waals surface area contributed by atoms with Crippen LogP contribution in [-0.4, -0.2) is 12.6 Å². The average molecular weight is 186 g/mol. The van der Waals surface area contributed by atoms with Gasteiger partial charge in [0.1, 0.15) is 6.61 Å². The third kappa shape index (κ3) is 1.74. The van der Waals surface area contributed by atoms with E-state index >= 15 is 0 Å². The van der Waals surface area contributed by atoms with E-state index in [1.165, 1.54) is 0 Å². The highest BCUT2D eigenvalue weighted by Gasteiger charge is 2.12. The van der Waals surface area contributed by atoms with Gasteiger partial charge in [0.15, 0.2) is 0 Å². The maximum absolute atomic E-state index is 11.5. The average Bonchev–Trinajstić information content (AvgIpc) is 2.44. The molecule has 0 N–H and O–H groups in total. The van der Waals surface area contributed by atoms with Crippen molar-refractivity contribution in [2.45, 2.75) is 0 Å². The van der Waals surface area contributed by atoms with Crippen molar-refractivity contribution in [1.82, 2.24) is 0 Å². The molecule has 14 heavy (non-hydrogen) atoms. The van der Waals surface area contributed by atoms with Crippen LogP contribution in [0.1, 0.15) is 5.56 Å². The summed E-state index contributed by atoms with van der Waals surface area (Å²) in [5, 5.41) is 0. The van der Waals surface area contributed by atoms with Crippen molar-refractivity contribution in [1.29, 1.82) is 0 Å². The summed E-state index contributed by atoms with van der Waals surface area (Å²) in [6.45, 7) is 0.353. The maximum Gasteiger partial charge on any atom is 0.339 e. The molecular formula is C12H10O2. The molecule has 1 aromatic rings. The van der Waals surface area contributed by atoms with Crippen molar-refractivity contribution in [3.8, 4) is 0 Å². The Balaban J connectivity index is 2.37. The standard InChI is InChI=1S/C12H10O2/c13-12-11(8-4-5-9-14-12)10-6-2-1-3-7-10/h1-8H,9H2. The van der Waals surface area contributed by atoms with Gasteiger partial charge in [-0.3, -0.25) is 0 Å². The van der Waals surface area contributed by atoms with Crippen LogP contribution in [0.4, 0.5) is 0 Å². The quantitative estimate of drug-likeness (QED) is 0.628. The minimum absolute atomic E-state index is 0.263. The van der Waals surface area contributed by atoms with Gasteiger partial charge in [0.2, 0.25) is 0 Å². The zero-order valence-corrected chi connectivity index (χ0v) is 7.64. The lowest BCUT2D eigenvalue weighted by Crippen LogP contribution is -2.05. The van der Waals surface area contributed by atoms with Crippen LogP contribution < -0.4 is 0 Å². The Labute approximate surface area is 82.5 Å². The molecule has 1 aromatic carbocycles. The van der Waals surface area contributed by atoms with E-state index in [1.54, 1.807) is 6.08 Å². The predicted molar refractivity (Wildman–Crippen MR) is 54.5 cm³/mol. The van der Waals surface area contributed by atoms with Gasteiger partial charge in [0, 0.05) is 0 Å². The molecule has 70 valence electrons. The van der Waals surface area contributed by atoms with Crippen molar-refractivity contribution in [3.63, 3.8) is 0 Å². The Kier molecular flexibility index (Phi) is 2.45. The second-order valence-corrected chi connectivity index (χ2v) is 2.97. The van der Waals surface area contributed by atoms with Crippen molar-refractivity contribution in [2.75, 3.05) is 6.61 Å². The molecule has 2 rings (SSSR count). The van der Waals surface area contributed by atoms with E-state index in [1.807, 2.05) is 42.5 Å². The molecule has 1 heterocycles. The fourth-order valence-corrected chi connectivity index (χ4v) is 1.32. The summed E-state index contributed by atoms with van der Waals surface area (Å²) in [6.07, 6.45) is 5.44. The number of esters is 1. The van der Waals surface area contributed by atoms with E-state index in [0.29, 0.717) is 12.2 Å². The molecule has 0 amide bonds. The summed E-state index contributed by atoms with van der Waals surface area (Å²) in [7, 11) is 0. The largest absolute Gasteiger partial charge is 0.458 e.